The molecule has 1 heteroatoms. The first-order valence-electron chi connectivity index (χ1n) is 5.27. The Kier molecular flexibility index (Phi) is 1.99. The minimum absolute atomic E-state index is 1.02. The van der Waals surface area contributed by atoms with Crippen molar-refractivity contribution in [1.29, 1.82) is 0 Å². The maximum absolute atomic E-state index is 2.47. The Balaban J connectivity index is 1.93. The highest BCUT2D eigenvalue weighted by Crippen LogP contribution is 2.49. The molecule has 0 aromatic carbocycles. The van der Waals surface area contributed by atoms with Crippen molar-refractivity contribution in [2.24, 2.45) is 11.8 Å². The molecule has 0 aromatic heterocycles. The van der Waals surface area contributed by atoms with Gasteiger partial charge in [-0.3, -0.25) is 0 Å². The van der Waals surface area contributed by atoms with Crippen molar-refractivity contribution in [1.82, 2.24) is 0 Å². The van der Waals surface area contributed by atoms with Crippen molar-refractivity contribution in [3.63, 3.8) is 0 Å². The third kappa shape index (κ3) is 1.63. The van der Waals surface area contributed by atoms with Crippen molar-refractivity contribution in [2.75, 3.05) is 0 Å². The molecule has 2 aliphatic rings. The topological polar surface area (TPSA) is 0 Å². The first-order chi connectivity index (χ1) is 5.27. The maximum Gasteiger partial charge on any atom is 0.140 e. The van der Waals surface area contributed by atoms with E-state index in [4.69, 9.17) is 0 Å². The fourth-order valence-electron chi connectivity index (χ4n) is 2.76. The lowest BCUT2D eigenvalue weighted by Gasteiger charge is -2.30. The minimum Gasteiger partial charge on any atom is -0.0859 e. The lowest BCUT2D eigenvalue weighted by molar-refractivity contribution is 0.443. The largest absolute Gasteiger partial charge is 0.140 e. The van der Waals surface area contributed by atoms with E-state index in [-0.39, 0.29) is 0 Å². The monoisotopic (exact) mass is 150 g/mol. The molecule has 1 unspecified atom stereocenters. The molecule has 0 bridgehead atoms. The summed E-state index contributed by atoms with van der Waals surface area (Å²) in [7, 11) is 0. The Morgan fingerprint density at radius 3 is 2.55 bits per heavy atom. The molecule has 2 atom stereocenters. The molecule has 11 heavy (non-hydrogen) atoms. The molecule has 2 rings (SSSR count). The van der Waals surface area contributed by atoms with Crippen LogP contribution in [-0.2, 0) is 0 Å². The lowest BCUT2D eigenvalue weighted by Crippen LogP contribution is -2.26. The first kappa shape index (κ1) is 7.70. The van der Waals surface area contributed by atoms with Crippen molar-refractivity contribution in [3.8, 4) is 0 Å². The molecule has 1 saturated carbocycles. The van der Waals surface area contributed by atoms with Gasteiger partial charge in [0, 0.05) is 0 Å². The number of hydrogen-bond acceptors (Lipinski definition) is 0. The molecule has 0 aromatic rings. The van der Waals surface area contributed by atoms with Crippen LogP contribution in [0.3, 0.4) is 0 Å². The average Bonchev–Trinajstić information content (AvgIpc) is 2.76. The molecule has 0 spiro atoms. The van der Waals surface area contributed by atoms with Crippen LogP contribution in [0.15, 0.2) is 0 Å². The molecule has 62 valence electrons. The predicted molar refractivity (Wildman–Crippen MR) is 51.3 cm³/mol. The molecule has 1 aliphatic heterocycles. The molecular weight excluding hydrogens is 131 g/mol. The average molecular weight is 150 g/mol. The third-order valence-corrected chi connectivity index (χ3v) is 3.75. The molecule has 0 radical (unpaired) electrons. The Morgan fingerprint density at radius 2 is 1.91 bits per heavy atom. The van der Waals surface area contributed by atoms with Gasteiger partial charge in [0.05, 0.1) is 0 Å². The zero-order valence-electron chi connectivity index (χ0n) is 7.84. The fraction of sp³-hybridized carbons (Fsp3) is 1.00. The summed E-state index contributed by atoms with van der Waals surface area (Å²) in [5.74, 6) is 3.28. The van der Waals surface area contributed by atoms with Gasteiger partial charge in [-0.25, -0.2) is 0 Å². The summed E-state index contributed by atoms with van der Waals surface area (Å²) in [6.07, 6.45) is 7.61. The highest BCUT2D eigenvalue weighted by molar-refractivity contribution is 6.59. The second-order valence-corrected chi connectivity index (χ2v) is 4.90. The summed E-state index contributed by atoms with van der Waals surface area (Å²) < 4.78 is 0. The predicted octanol–water partition coefficient (Wildman–Crippen LogP) is 3.32. The van der Waals surface area contributed by atoms with Gasteiger partial charge in [-0.05, 0) is 11.8 Å². The molecule has 1 heterocycles. The van der Waals surface area contributed by atoms with Crippen molar-refractivity contribution in [2.45, 2.75) is 51.6 Å². The van der Waals surface area contributed by atoms with Crippen molar-refractivity contribution in [3.05, 3.63) is 0 Å². The highest BCUT2D eigenvalue weighted by Gasteiger charge is 2.38. The van der Waals surface area contributed by atoms with E-state index in [0.717, 1.165) is 24.4 Å². The van der Waals surface area contributed by atoms with E-state index in [1.165, 1.54) is 19.2 Å². The van der Waals surface area contributed by atoms with Crippen LogP contribution in [0.25, 0.3) is 0 Å². The second-order valence-electron chi connectivity index (χ2n) is 4.90. The zero-order valence-corrected chi connectivity index (χ0v) is 7.84. The van der Waals surface area contributed by atoms with Gasteiger partial charge in [0.15, 0.2) is 0 Å². The maximum atomic E-state index is 2.47. The molecule has 1 saturated heterocycles. The molecular formula is C10H19B. The van der Waals surface area contributed by atoms with Gasteiger partial charge < -0.3 is 0 Å². The third-order valence-electron chi connectivity index (χ3n) is 3.75. The van der Waals surface area contributed by atoms with Gasteiger partial charge >= 0.3 is 0 Å². The smallest absolute Gasteiger partial charge is 0.0859 e. The molecule has 2 fully saturated rings. The summed E-state index contributed by atoms with van der Waals surface area (Å²) >= 11 is 0. The SMILES string of the molecule is CB1CCC(C)C[C@@H]1C1CC1. The second kappa shape index (κ2) is 2.84. The zero-order chi connectivity index (χ0) is 7.84. The van der Waals surface area contributed by atoms with Gasteiger partial charge in [-0.15, -0.1) is 0 Å². The number of hydrogen-bond donors (Lipinski definition) is 0. The van der Waals surface area contributed by atoms with E-state index in [1.54, 1.807) is 12.8 Å². The van der Waals surface area contributed by atoms with Crippen LogP contribution in [0.5, 0.6) is 0 Å². The van der Waals surface area contributed by atoms with Gasteiger partial charge in [-0.1, -0.05) is 51.6 Å². The quantitative estimate of drug-likeness (QED) is 0.503. The van der Waals surface area contributed by atoms with Crippen LogP contribution in [-0.4, -0.2) is 6.71 Å². The molecule has 0 nitrogen and oxygen atoms in total. The Labute approximate surface area is 70.8 Å². The van der Waals surface area contributed by atoms with Crippen LogP contribution in [0.2, 0.25) is 19.0 Å². The van der Waals surface area contributed by atoms with Gasteiger partial charge in [0.1, 0.15) is 6.71 Å². The Morgan fingerprint density at radius 1 is 1.18 bits per heavy atom. The summed E-state index contributed by atoms with van der Waals surface area (Å²) in [5, 5.41) is 0. The van der Waals surface area contributed by atoms with Crippen LogP contribution < -0.4 is 0 Å². The van der Waals surface area contributed by atoms with E-state index in [0.29, 0.717) is 0 Å². The molecule has 0 N–H and O–H groups in total. The molecule has 1 aliphatic carbocycles. The van der Waals surface area contributed by atoms with Crippen LogP contribution in [0.4, 0.5) is 0 Å². The first-order valence-corrected chi connectivity index (χ1v) is 5.27. The lowest BCUT2D eigenvalue weighted by atomic mass is 9.35. The van der Waals surface area contributed by atoms with Crippen LogP contribution >= 0.6 is 0 Å². The highest BCUT2D eigenvalue weighted by atomic mass is 14.3. The van der Waals surface area contributed by atoms with Gasteiger partial charge in [-0.2, -0.15) is 0 Å². The summed E-state index contributed by atoms with van der Waals surface area (Å²) in [6.45, 7) is 5.94. The van der Waals surface area contributed by atoms with E-state index in [2.05, 4.69) is 13.7 Å². The summed E-state index contributed by atoms with van der Waals surface area (Å²) in [4.78, 5) is 0. The minimum atomic E-state index is 1.02. The standard InChI is InChI=1S/C10H19B/c1-8-5-6-11(2)10(7-8)9-3-4-9/h8-10H,3-7H2,1-2H3/t8?,10-/m1/s1. The molecule has 0 amide bonds. The Bertz CT molecular complexity index is 140. The van der Waals surface area contributed by atoms with Crippen LogP contribution in [0, 0.1) is 11.8 Å². The Hall–Kier alpha value is 0.0649. The van der Waals surface area contributed by atoms with Crippen molar-refractivity contribution >= 4 is 6.71 Å². The fourth-order valence-corrected chi connectivity index (χ4v) is 2.76. The van der Waals surface area contributed by atoms with E-state index in [1.807, 2.05) is 0 Å². The summed E-state index contributed by atoms with van der Waals surface area (Å²) in [6, 6.07) is 0. The van der Waals surface area contributed by atoms with Crippen molar-refractivity contribution < 1.29 is 0 Å². The normalized spacial score (nSPS) is 39.3. The summed E-state index contributed by atoms with van der Waals surface area (Å²) in [5.41, 5.74) is 0. The van der Waals surface area contributed by atoms with E-state index in [9.17, 15) is 0 Å². The van der Waals surface area contributed by atoms with E-state index >= 15 is 0 Å². The number of rotatable bonds is 1. The van der Waals surface area contributed by atoms with E-state index < -0.39 is 0 Å². The van der Waals surface area contributed by atoms with Crippen LogP contribution in [0.1, 0.15) is 32.6 Å². The van der Waals surface area contributed by atoms with Gasteiger partial charge in [0.25, 0.3) is 0 Å². The van der Waals surface area contributed by atoms with Gasteiger partial charge in [0.2, 0.25) is 0 Å².